The molecule has 132 valence electrons. The molecule has 0 spiro atoms. The lowest BCUT2D eigenvalue weighted by molar-refractivity contribution is 0.141. The van der Waals surface area contributed by atoms with E-state index < -0.39 is 6.10 Å². The third kappa shape index (κ3) is 5.74. The number of thiazole rings is 1. The van der Waals surface area contributed by atoms with Gasteiger partial charge in [0.05, 0.1) is 24.8 Å². The number of carbonyl (C=O) groups excluding carboxylic acids is 1. The molecule has 0 unspecified atom stereocenters. The predicted octanol–water partition coefficient (Wildman–Crippen LogP) is 3.24. The number of carbonyl (C=O) groups is 1. The van der Waals surface area contributed by atoms with Crippen LogP contribution in [-0.2, 0) is 6.42 Å². The number of likely N-dealkylation sites (N-methyl/N-ethyl adjacent to an activating group) is 1. The molecule has 0 fully saturated rings. The highest BCUT2D eigenvalue weighted by Gasteiger charge is 2.15. The van der Waals surface area contributed by atoms with Crippen LogP contribution in [0.4, 0.5) is 9.93 Å². The van der Waals surface area contributed by atoms with E-state index >= 15 is 0 Å². The molecule has 0 aliphatic rings. The molecule has 8 heteroatoms. The summed E-state index contributed by atoms with van der Waals surface area (Å²) >= 11 is 1.21. The van der Waals surface area contributed by atoms with Crippen LogP contribution >= 0.6 is 11.3 Å². The number of nitrogens with one attached hydrogen (secondary N) is 1. The topological polar surface area (TPSA) is 98.5 Å². The fourth-order valence-electron chi connectivity index (χ4n) is 2.09. The van der Waals surface area contributed by atoms with Gasteiger partial charge in [-0.05, 0) is 31.5 Å². The Bertz CT molecular complexity index is 737. The Labute approximate surface area is 150 Å². The molecule has 25 heavy (non-hydrogen) atoms. The lowest BCUT2D eigenvalue weighted by Crippen LogP contribution is -2.39. The normalized spacial score (nSPS) is 11.4. The molecule has 2 N–H and O–H groups in total. The third-order valence-electron chi connectivity index (χ3n) is 3.28. The summed E-state index contributed by atoms with van der Waals surface area (Å²) in [7, 11) is 0. The summed E-state index contributed by atoms with van der Waals surface area (Å²) in [5.41, 5.74) is 0.921. The Morgan fingerprint density at radius 2 is 2.20 bits per heavy atom. The molecule has 7 nitrogen and oxygen atoms in total. The zero-order chi connectivity index (χ0) is 18.2. The molecule has 2 aromatic rings. The highest BCUT2D eigenvalue weighted by atomic mass is 32.1. The zero-order valence-corrected chi connectivity index (χ0v) is 14.9. The van der Waals surface area contributed by atoms with Crippen molar-refractivity contribution in [1.29, 1.82) is 5.26 Å². The Hall–Kier alpha value is -2.63. The number of rotatable bonds is 7. The highest BCUT2D eigenvalue weighted by Crippen LogP contribution is 2.30. The molecule has 2 rings (SSSR count). The molecule has 0 radical (unpaired) electrons. The van der Waals surface area contributed by atoms with Gasteiger partial charge >= 0.3 is 6.03 Å². The van der Waals surface area contributed by atoms with Crippen LogP contribution in [0.3, 0.4) is 0 Å². The fraction of sp³-hybridized carbons (Fsp3) is 0.353. The number of nitrogens with zero attached hydrogens (tertiary/aromatic N) is 3. The first-order valence-electron chi connectivity index (χ1n) is 7.85. The number of aliphatic hydroxyl groups is 1. The number of aromatic nitrogens is 1. The minimum Gasteiger partial charge on any atom is -0.445 e. The molecule has 0 bridgehead atoms. The number of benzene rings is 1. The van der Waals surface area contributed by atoms with Gasteiger partial charge in [0, 0.05) is 13.1 Å². The molecule has 0 aliphatic carbocycles. The Morgan fingerprint density at radius 3 is 2.80 bits per heavy atom. The maximum Gasteiger partial charge on any atom is 0.323 e. The van der Waals surface area contributed by atoms with Gasteiger partial charge in [0.25, 0.3) is 0 Å². The number of aliphatic hydroxyl groups excluding tert-OH is 1. The largest absolute Gasteiger partial charge is 0.445 e. The van der Waals surface area contributed by atoms with Gasteiger partial charge in [-0.25, -0.2) is 9.78 Å². The third-order valence-corrected chi connectivity index (χ3v) is 4.07. The summed E-state index contributed by atoms with van der Waals surface area (Å²) in [6, 6.07) is 9.01. The second-order valence-electron chi connectivity index (χ2n) is 5.38. The maximum atomic E-state index is 12.1. The number of anilines is 1. The van der Waals surface area contributed by atoms with E-state index in [-0.39, 0.29) is 12.6 Å². The van der Waals surface area contributed by atoms with E-state index in [4.69, 9.17) is 10.00 Å². The number of hydrogen-bond acceptors (Lipinski definition) is 6. The second-order valence-corrected chi connectivity index (χ2v) is 6.38. The summed E-state index contributed by atoms with van der Waals surface area (Å²) in [5.74, 6) is 0.632. The van der Waals surface area contributed by atoms with Crippen LogP contribution in [0.15, 0.2) is 30.5 Å². The van der Waals surface area contributed by atoms with Crippen LogP contribution in [0.2, 0.25) is 0 Å². The summed E-state index contributed by atoms with van der Waals surface area (Å²) < 4.78 is 5.69. The summed E-state index contributed by atoms with van der Waals surface area (Å²) in [5, 5.41) is 21.7. The van der Waals surface area contributed by atoms with E-state index in [9.17, 15) is 9.90 Å². The number of hydrogen-bond donors (Lipinski definition) is 2. The number of amides is 2. The molecular formula is C17H20N4O3S. The van der Waals surface area contributed by atoms with E-state index in [2.05, 4.69) is 16.4 Å². The Morgan fingerprint density at radius 1 is 1.48 bits per heavy atom. The SMILES string of the molecule is CCN(C[C@H](C)O)C(=O)Nc1ncc(Oc2ccc(CC#N)cc2)s1. The van der Waals surface area contributed by atoms with Gasteiger partial charge in [-0.3, -0.25) is 5.32 Å². The standard InChI is InChI=1S/C17H20N4O3S/c1-3-21(11-12(2)22)17(23)20-16-19-10-15(25-16)24-14-6-4-13(5-7-14)8-9-18/h4-7,10,12,22H,3,8,11H2,1-2H3,(H,19,20,23)/t12-/m0/s1. The van der Waals surface area contributed by atoms with Crippen molar-refractivity contribution in [3.05, 3.63) is 36.0 Å². The fourth-order valence-corrected chi connectivity index (χ4v) is 2.77. The van der Waals surface area contributed by atoms with Crippen molar-refractivity contribution in [2.24, 2.45) is 0 Å². The molecule has 1 heterocycles. The quantitative estimate of drug-likeness (QED) is 0.790. The molecular weight excluding hydrogens is 340 g/mol. The molecule has 2 amide bonds. The van der Waals surface area contributed by atoms with E-state index in [1.807, 2.05) is 19.1 Å². The highest BCUT2D eigenvalue weighted by molar-refractivity contribution is 7.17. The Balaban J connectivity index is 1.95. The van der Waals surface area contributed by atoms with Crippen molar-refractivity contribution in [1.82, 2.24) is 9.88 Å². The number of nitriles is 1. The monoisotopic (exact) mass is 360 g/mol. The van der Waals surface area contributed by atoms with Crippen molar-refractivity contribution < 1.29 is 14.6 Å². The Kier molecular flexibility index (Phi) is 6.74. The van der Waals surface area contributed by atoms with Gasteiger partial charge in [0.2, 0.25) is 5.06 Å². The molecule has 0 saturated carbocycles. The van der Waals surface area contributed by atoms with Crippen LogP contribution in [0.25, 0.3) is 0 Å². The molecule has 0 saturated heterocycles. The average Bonchev–Trinajstić information content (AvgIpc) is 3.01. The van der Waals surface area contributed by atoms with Crippen LogP contribution in [0, 0.1) is 11.3 Å². The number of ether oxygens (including phenoxy) is 1. The van der Waals surface area contributed by atoms with E-state index in [0.29, 0.717) is 28.9 Å². The number of urea groups is 1. The van der Waals surface area contributed by atoms with Gasteiger partial charge in [-0.15, -0.1) is 0 Å². The van der Waals surface area contributed by atoms with E-state index in [1.54, 1.807) is 19.1 Å². The molecule has 0 aliphatic heterocycles. The van der Waals surface area contributed by atoms with Crippen LogP contribution in [0.5, 0.6) is 10.8 Å². The van der Waals surface area contributed by atoms with Crippen molar-refractivity contribution in [2.45, 2.75) is 26.4 Å². The summed E-state index contributed by atoms with van der Waals surface area (Å²) in [6.45, 7) is 4.22. The summed E-state index contributed by atoms with van der Waals surface area (Å²) in [6.07, 6.45) is 1.30. The first kappa shape index (κ1) is 18.7. The maximum absolute atomic E-state index is 12.1. The van der Waals surface area contributed by atoms with Gasteiger partial charge < -0.3 is 14.7 Å². The second kappa shape index (κ2) is 9.01. The van der Waals surface area contributed by atoms with Crippen molar-refractivity contribution >= 4 is 22.5 Å². The minimum absolute atomic E-state index is 0.256. The van der Waals surface area contributed by atoms with Crippen molar-refractivity contribution in [3.63, 3.8) is 0 Å². The molecule has 1 aromatic heterocycles. The van der Waals surface area contributed by atoms with Crippen LogP contribution < -0.4 is 10.1 Å². The predicted molar refractivity (Wildman–Crippen MR) is 95.9 cm³/mol. The van der Waals surface area contributed by atoms with Gasteiger partial charge in [0.1, 0.15) is 5.75 Å². The van der Waals surface area contributed by atoms with Gasteiger partial charge in [-0.1, -0.05) is 23.5 Å². The van der Waals surface area contributed by atoms with Gasteiger partial charge in [-0.2, -0.15) is 5.26 Å². The van der Waals surface area contributed by atoms with E-state index in [0.717, 1.165) is 5.56 Å². The van der Waals surface area contributed by atoms with Gasteiger partial charge in [0.15, 0.2) is 5.13 Å². The molecule has 1 atom stereocenters. The zero-order valence-electron chi connectivity index (χ0n) is 14.1. The first-order valence-corrected chi connectivity index (χ1v) is 8.67. The first-order chi connectivity index (χ1) is 12.0. The van der Waals surface area contributed by atoms with Crippen LogP contribution in [0.1, 0.15) is 19.4 Å². The average molecular weight is 360 g/mol. The minimum atomic E-state index is -0.593. The lowest BCUT2D eigenvalue weighted by Gasteiger charge is -2.21. The van der Waals surface area contributed by atoms with Crippen LogP contribution in [-0.4, -0.2) is 40.2 Å². The van der Waals surface area contributed by atoms with E-state index in [1.165, 1.54) is 22.4 Å². The lowest BCUT2D eigenvalue weighted by atomic mass is 10.2. The van der Waals surface area contributed by atoms with Crippen molar-refractivity contribution in [3.8, 4) is 16.9 Å². The molecule has 1 aromatic carbocycles. The van der Waals surface area contributed by atoms with Crippen molar-refractivity contribution in [2.75, 3.05) is 18.4 Å². The summed E-state index contributed by atoms with van der Waals surface area (Å²) in [4.78, 5) is 17.8. The smallest absolute Gasteiger partial charge is 0.323 e.